The molecule has 3 aromatic rings. The van der Waals surface area contributed by atoms with Crippen LogP contribution in [0.3, 0.4) is 0 Å². The zero-order chi connectivity index (χ0) is 16.2. The first-order valence-corrected chi connectivity index (χ1v) is 8.15. The quantitative estimate of drug-likeness (QED) is 0.751. The molecule has 0 atom stereocenters. The molecule has 0 bridgehead atoms. The van der Waals surface area contributed by atoms with E-state index in [1.165, 1.54) is 24.3 Å². The van der Waals surface area contributed by atoms with Gasteiger partial charge in [0.2, 0.25) is 0 Å². The summed E-state index contributed by atoms with van der Waals surface area (Å²) >= 11 is 1.64. The normalized spacial score (nSPS) is 10.5. The Morgan fingerprint density at radius 2 is 1.83 bits per heavy atom. The Morgan fingerprint density at radius 3 is 2.43 bits per heavy atom. The van der Waals surface area contributed by atoms with E-state index in [4.69, 9.17) is 0 Å². The van der Waals surface area contributed by atoms with Gasteiger partial charge in [0.05, 0.1) is 10.7 Å². The van der Waals surface area contributed by atoms with Gasteiger partial charge in [-0.05, 0) is 42.8 Å². The molecule has 0 aliphatic heterocycles. The van der Waals surface area contributed by atoms with Crippen molar-refractivity contribution in [2.24, 2.45) is 0 Å². The summed E-state index contributed by atoms with van der Waals surface area (Å²) in [7, 11) is 0. The van der Waals surface area contributed by atoms with Crippen LogP contribution in [0.5, 0.6) is 0 Å². The molecule has 3 nitrogen and oxygen atoms in total. The summed E-state index contributed by atoms with van der Waals surface area (Å²) in [6.45, 7) is 2.07. The summed E-state index contributed by atoms with van der Waals surface area (Å²) in [5.74, 6) is -0.558. The largest absolute Gasteiger partial charge is 0.322 e. The molecule has 1 N–H and O–H groups in total. The average molecular weight is 326 g/mol. The van der Waals surface area contributed by atoms with Gasteiger partial charge >= 0.3 is 0 Å². The van der Waals surface area contributed by atoms with Crippen molar-refractivity contribution in [1.82, 2.24) is 4.98 Å². The van der Waals surface area contributed by atoms with Crippen LogP contribution in [0, 0.1) is 5.82 Å². The fourth-order valence-corrected chi connectivity index (χ4v) is 2.89. The third kappa shape index (κ3) is 3.63. The third-order valence-electron chi connectivity index (χ3n) is 3.40. The van der Waals surface area contributed by atoms with Gasteiger partial charge in [-0.25, -0.2) is 9.37 Å². The third-order valence-corrected chi connectivity index (χ3v) is 4.39. The Bertz CT molecular complexity index is 810. The van der Waals surface area contributed by atoms with Crippen molar-refractivity contribution >= 4 is 22.9 Å². The molecule has 1 aromatic heterocycles. The van der Waals surface area contributed by atoms with Crippen LogP contribution < -0.4 is 5.32 Å². The van der Waals surface area contributed by atoms with E-state index in [9.17, 15) is 9.18 Å². The molecular weight excluding hydrogens is 311 g/mol. The summed E-state index contributed by atoms with van der Waals surface area (Å²) in [6.07, 6.45) is 0.919. The second kappa shape index (κ2) is 6.71. The van der Waals surface area contributed by atoms with Crippen molar-refractivity contribution in [3.8, 4) is 11.3 Å². The van der Waals surface area contributed by atoms with Crippen molar-refractivity contribution in [1.29, 1.82) is 0 Å². The second-order valence-electron chi connectivity index (χ2n) is 5.02. The van der Waals surface area contributed by atoms with E-state index in [1.54, 1.807) is 23.5 Å². The number of aryl methyl sites for hydroxylation is 1. The number of amides is 1. The number of thiazole rings is 1. The van der Waals surface area contributed by atoms with E-state index >= 15 is 0 Å². The summed E-state index contributed by atoms with van der Waals surface area (Å²) in [5, 5.41) is 5.85. The number of carbonyl (C=O) groups is 1. The maximum absolute atomic E-state index is 12.9. The number of anilines is 1. The molecule has 1 heterocycles. The van der Waals surface area contributed by atoms with Crippen LogP contribution in [0.1, 0.15) is 22.3 Å². The number of rotatable bonds is 4. The minimum Gasteiger partial charge on any atom is -0.322 e. The van der Waals surface area contributed by atoms with Gasteiger partial charge in [0.25, 0.3) is 5.91 Å². The molecule has 0 aliphatic rings. The number of benzene rings is 2. The van der Waals surface area contributed by atoms with Gasteiger partial charge in [-0.2, -0.15) is 0 Å². The number of carbonyl (C=O) groups excluding carboxylic acids is 1. The van der Waals surface area contributed by atoms with E-state index < -0.39 is 0 Å². The van der Waals surface area contributed by atoms with Gasteiger partial charge in [0, 0.05) is 22.2 Å². The molecular formula is C18H15FN2OS. The Labute approximate surface area is 137 Å². The Morgan fingerprint density at radius 1 is 1.13 bits per heavy atom. The first-order valence-electron chi connectivity index (χ1n) is 7.27. The molecule has 0 radical (unpaired) electrons. The molecule has 5 heteroatoms. The van der Waals surface area contributed by atoms with Crippen LogP contribution in [0.4, 0.5) is 10.1 Å². The predicted octanol–water partition coefficient (Wildman–Crippen LogP) is 4.76. The first kappa shape index (κ1) is 15.4. The summed E-state index contributed by atoms with van der Waals surface area (Å²) in [5.41, 5.74) is 3.02. The topological polar surface area (TPSA) is 42.0 Å². The lowest BCUT2D eigenvalue weighted by Crippen LogP contribution is -2.11. The molecule has 0 unspecified atom stereocenters. The number of nitrogens with zero attached hydrogens (tertiary/aromatic N) is 1. The van der Waals surface area contributed by atoms with E-state index in [2.05, 4.69) is 17.2 Å². The van der Waals surface area contributed by atoms with E-state index in [1.807, 2.05) is 17.5 Å². The Kier molecular flexibility index (Phi) is 4.48. The molecule has 0 fully saturated rings. The van der Waals surface area contributed by atoms with Crippen molar-refractivity contribution < 1.29 is 9.18 Å². The van der Waals surface area contributed by atoms with Gasteiger partial charge < -0.3 is 5.32 Å². The zero-order valence-electron chi connectivity index (χ0n) is 12.5. The van der Waals surface area contributed by atoms with Crippen LogP contribution in [0.15, 0.2) is 53.9 Å². The highest BCUT2D eigenvalue weighted by molar-refractivity contribution is 7.09. The molecule has 0 saturated carbocycles. The molecule has 116 valence electrons. The van der Waals surface area contributed by atoms with E-state index in [0.717, 1.165) is 22.7 Å². The second-order valence-corrected chi connectivity index (χ2v) is 5.96. The lowest BCUT2D eigenvalue weighted by atomic mass is 10.1. The smallest absolute Gasteiger partial charge is 0.255 e. The first-order chi connectivity index (χ1) is 11.2. The van der Waals surface area contributed by atoms with Crippen molar-refractivity contribution in [2.45, 2.75) is 13.3 Å². The van der Waals surface area contributed by atoms with Crippen molar-refractivity contribution in [3.63, 3.8) is 0 Å². The molecule has 0 spiro atoms. The lowest BCUT2D eigenvalue weighted by molar-refractivity contribution is 0.102. The number of aromatic nitrogens is 1. The summed E-state index contributed by atoms with van der Waals surface area (Å²) < 4.78 is 12.9. The molecule has 23 heavy (non-hydrogen) atoms. The van der Waals surface area contributed by atoms with Crippen LogP contribution in [0.25, 0.3) is 11.3 Å². The fourth-order valence-electron chi connectivity index (χ4n) is 2.13. The molecule has 0 saturated heterocycles. The predicted molar refractivity (Wildman–Crippen MR) is 91.3 cm³/mol. The standard InChI is InChI=1S/C18H15FN2OS/c1-2-17-21-16(11-23-17)12-3-5-13(6-4-12)18(22)20-15-9-7-14(19)8-10-15/h3-11H,2H2,1H3,(H,20,22). The number of hydrogen-bond donors (Lipinski definition) is 1. The van der Waals surface area contributed by atoms with E-state index in [0.29, 0.717) is 11.3 Å². The summed E-state index contributed by atoms with van der Waals surface area (Å²) in [4.78, 5) is 16.7. The number of nitrogens with one attached hydrogen (secondary N) is 1. The average Bonchev–Trinajstić information content (AvgIpc) is 3.06. The number of hydrogen-bond acceptors (Lipinski definition) is 3. The SMILES string of the molecule is CCc1nc(-c2ccc(C(=O)Nc3ccc(F)cc3)cc2)cs1. The van der Waals surface area contributed by atoms with Gasteiger partial charge in [0.15, 0.2) is 0 Å². The van der Waals surface area contributed by atoms with Crippen LogP contribution in [-0.4, -0.2) is 10.9 Å². The highest BCUT2D eigenvalue weighted by Gasteiger charge is 2.08. The van der Waals surface area contributed by atoms with Crippen LogP contribution >= 0.6 is 11.3 Å². The molecule has 0 aliphatic carbocycles. The monoisotopic (exact) mass is 326 g/mol. The van der Waals surface area contributed by atoms with Gasteiger partial charge in [-0.1, -0.05) is 19.1 Å². The molecule has 2 aromatic carbocycles. The fraction of sp³-hybridized carbons (Fsp3) is 0.111. The Hall–Kier alpha value is -2.53. The summed E-state index contributed by atoms with van der Waals surface area (Å²) in [6, 6.07) is 13.0. The van der Waals surface area contributed by atoms with Gasteiger partial charge in [-0.3, -0.25) is 4.79 Å². The van der Waals surface area contributed by atoms with E-state index in [-0.39, 0.29) is 11.7 Å². The maximum Gasteiger partial charge on any atom is 0.255 e. The van der Waals surface area contributed by atoms with Crippen molar-refractivity contribution in [2.75, 3.05) is 5.32 Å². The van der Waals surface area contributed by atoms with Crippen molar-refractivity contribution in [3.05, 3.63) is 70.3 Å². The van der Waals surface area contributed by atoms with Crippen LogP contribution in [-0.2, 0) is 6.42 Å². The molecule has 1 amide bonds. The highest BCUT2D eigenvalue weighted by atomic mass is 32.1. The molecule has 3 rings (SSSR count). The minimum absolute atomic E-state index is 0.226. The van der Waals surface area contributed by atoms with Gasteiger partial charge in [-0.15, -0.1) is 11.3 Å². The van der Waals surface area contributed by atoms with Crippen LogP contribution in [0.2, 0.25) is 0 Å². The number of halogens is 1. The maximum atomic E-state index is 12.9. The highest BCUT2D eigenvalue weighted by Crippen LogP contribution is 2.23. The zero-order valence-corrected chi connectivity index (χ0v) is 13.4. The van der Waals surface area contributed by atoms with Gasteiger partial charge in [0.1, 0.15) is 5.82 Å². The lowest BCUT2D eigenvalue weighted by Gasteiger charge is -2.06. The minimum atomic E-state index is -0.331. The Balaban J connectivity index is 1.73.